The second-order valence-corrected chi connectivity index (χ2v) is 16.8. The van der Waals surface area contributed by atoms with Gasteiger partial charge < -0.3 is 13.6 Å². The summed E-state index contributed by atoms with van der Waals surface area (Å²) in [6.45, 7) is 0. The topological polar surface area (TPSA) is 53.7 Å². The van der Waals surface area contributed by atoms with Gasteiger partial charge in [0, 0.05) is 60.1 Å². The van der Waals surface area contributed by atoms with Crippen molar-refractivity contribution in [3.63, 3.8) is 0 Å². The molecular weight excluding hydrogens is 783 g/mol. The minimum Gasteiger partial charge on any atom is -0.436 e. The smallest absolute Gasteiger partial charge is 0.247 e. The molecule has 0 saturated carbocycles. The summed E-state index contributed by atoms with van der Waals surface area (Å²) >= 11 is 0. The maximum Gasteiger partial charge on any atom is 0.247 e. The van der Waals surface area contributed by atoms with E-state index in [1.807, 2.05) is 18.2 Å². The molecule has 0 bridgehead atoms. The second-order valence-electron chi connectivity index (χ2n) is 16.8. The third kappa shape index (κ3) is 4.33. The van der Waals surface area contributed by atoms with Gasteiger partial charge in [0.2, 0.25) is 5.71 Å². The molecule has 1 aliphatic rings. The first-order chi connectivity index (χ1) is 31.8. The van der Waals surface area contributed by atoms with E-state index >= 15 is 0 Å². The first kappa shape index (κ1) is 33.9. The standard InChI is InChI=1S/C58H33N5O/c1-2-17-34(18-3-1)61-46-29-13-8-23-39(46)51-42(26-16-31-48(51)61)54-57(59-55-41-25-10-15-32-50(41)64-58(55)60-54)63-47-30-14-9-24-40(47)52-49(63)33-43-37-21-7-12-28-45(37)62-44-27-11-6-20-36(44)35-19-4-5-22-38(35)53(52)56(43)62/h1-33H. The number of para-hydroxylation sites is 6. The molecule has 0 spiro atoms. The molecule has 0 amide bonds. The van der Waals surface area contributed by atoms with Gasteiger partial charge in [-0.1, -0.05) is 140 Å². The van der Waals surface area contributed by atoms with E-state index in [2.05, 4.69) is 196 Å². The number of aromatic nitrogens is 5. The molecule has 0 N–H and O–H groups in total. The fourth-order valence-corrected chi connectivity index (χ4v) is 11.1. The number of rotatable bonds is 3. The number of furan rings is 1. The molecule has 6 heteroatoms. The van der Waals surface area contributed by atoms with Crippen LogP contribution in [0, 0.1) is 0 Å². The van der Waals surface area contributed by atoms with Gasteiger partial charge in [-0.15, -0.1) is 0 Å². The summed E-state index contributed by atoms with van der Waals surface area (Å²) in [6, 6.07) is 71.8. The van der Waals surface area contributed by atoms with Crippen molar-refractivity contribution in [1.29, 1.82) is 0 Å². The molecule has 14 aromatic rings. The molecule has 9 aromatic carbocycles. The van der Waals surface area contributed by atoms with Crippen molar-refractivity contribution >= 4 is 87.6 Å². The van der Waals surface area contributed by atoms with Gasteiger partial charge in [0.1, 0.15) is 16.8 Å². The van der Waals surface area contributed by atoms with E-state index in [9.17, 15) is 0 Å². The fraction of sp³-hybridized carbons (Fsp3) is 0. The van der Waals surface area contributed by atoms with E-state index in [1.54, 1.807) is 0 Å². The number of nitrogens with zero attached hydrogens (tertiary/aromatic N) is 5. The van der Waals surface area contributed by atoms with Crippen molar-refractivity contribution < 1.29 is 4.42 Å². The highest BCUT2D eigenvalue weighted by Gasteiger charge is 2.31. The number of benzene rings is 9. The Bertz CT molecular complexity index is 4320. The van der Waals surface area contributed by atoms with Crippen LogP contribution in [-0.4, -0.2) is 23.7 Å². The average Bonchev–Trinajstić information content (AvgIpc) is 4.07. The van der Waals surface area contributed by atoms with Gasteiger partial charge >= 0.3 is 0 Å². The van der Waals surface area contributed by atoms with E-state index < -0.39 is 0 Å². The van der Waals surface area contributed by atoms with Crippen LogP contribution in [0.1, 0.15) is 0 Å². The molecular formula is C58H33N5O. The Hall–Kier alpha value is -8.74. The maximum atomic E-state index is 6.58. The van der Waals surface area contributed by atoms with Crippen LogP contribution >= 0.6 is 0 Å². The zero-order chi connectivity index (χ0) is 41.6. The first-order valence-electron chi connectivity index (χ1n) is 21.8. The molecule has 0 fully saturated rings. The van der Waals surface area contributed by atoms with Crippen LogP contribution in [0.3, 0.4) is 0 Å². The summed E-state index contributed by atoms with van der Waals surface area (Å²) in [5.74, 6) is 0.745. The van der Waals surface area contributed by atoms with Crippen molar-refractivity contribution in [2.45, 2.75) is 0 Å². The van der Waals surface area contributed by atoms with Crippen molar-refractivity contribution in [2.24, 2.45) is 0 Å². The third-order valence-corrected chi connectivity index (χ3v) is 13.6. The Kier molecular flexibility index (Phi) is 6.59. The first-order valence-corrected chi connectivity index (χ1v) is 21.8. The Morgan fingerprint density at radius 2 is 0.969 bits per heavy atom. The SMILES string of the molecule is c1ccc(-n2c3ccccc3c3c(-c4nc5oc6ccccc6c5nc4-n4c5ccccc5c5c6c7c(cc54)c4ccccc4n7-c4ccccc4-c4ccccc4-6)cccc32)cc1. The maximum absolute atomic E-state index is 6.58. The molecule has 0 aliphatic carbocycles. The van der Waals surface area contributed by atoms with Crippen molar-refractivity contribution in [1.82, 2.24) is 23.7 Å². The lowest BCUT2D eigenvalue weighted by molar-refractivity contribution is 0.653. The molecule has 15 rings (SSSR count). The predicted octanol–water partition coefficient (Wildman–Crippen LogP) is 15.0. The minimum atomic E-state index is 0.508. The number of fused-ring (bicyclic) bond motifs is 18. The van der Waals surface area contributed by atoms with Gasteiger partial charge in [0.05, 0.1) is 38.8 Å². The van der Waals surface area contributed by atoms with Crippen LogP contribution in [0.5, 0.6) is 0 Å². The summed E-state index contributed by atoms with van der Waals surface area (Å²) in [6.07, 6.45) is 0. The Labute approximate surface area is 365 Å². The molecule has 1 aliphatic heterocycles. The van der Waals surface area contributed by atoms with Gasteiger partial charge in [-0.05, 0) is 71.8 Å². The molecule has 0 radical (unpaired) electrons. The minimum absolute atomic E-state index is 0.508. The van der Waals surface area contributed by atoms with Crippen LogP contribution in [0.2, 0.25) is 0 Å². The predicted molar refractivity (Wildman–Crippen MR) is 262 cm³/mol. The zero-order valence-electron chi connectivity index (χ0n) is 34.2. The monoisotopic (exact) mass is 815 g/mol. The van der Waals surface area contributed by atoms with Gasteiger partial charge in [0.15, 0.2) is 5.82 Å². The molecule has 296 valence electrons. The van der Waals surface area contributed by atoms with Crippen molar-refractivity contribution in [2.75, 3.05) is 0 Å². The Balaban J connectivity index is 1.15. The summed E-state index contributed by atoms with van der Waals surface area (Å²) in [7, 11) is 0. The van der Waals surface area contributed by atoms with Crippen LogP contribution in [0.4, 0.5) is 0 Å². The lowest BCUT2D eigenvalue weighted by atomic mass is 9.91. The van der Waals surface area contributed by atoms with E-state index in [0.29, 0.717) is 5.71 Å². The largest absolute Gasteiger partial charge is 0.436 e. The van der Waals surface area contributed by atoms with Crippen LogP contribution < -0.4 is 0 Å². The quantitative estimate of drug-likeness (QED) is 0.178. The van der Waals surface area contributed by atoms with Crippen LogP contribution in [0.15, 0.2) is 205 Å². The lowest BCUT2D eigenvalue weighted by Gasteiger charge is -2.15. The molecule has 6 heterocycles. The molecule has 0 atom stereocenters. The summed E-state index contributed by atoms with van der Waals surface area (Å²) in [4.78, 5) is 11.3. The van der Waals surface area contributed by atoms with Gasteiger partial charge in [-0.2, -0.15) is 0 Å². The summed E-state index contributed by atoms with van der Waals surface area (Å²) < 4.78 is 13.8. The average molecular weight is 816 g/mol. The number of hydrogen-bond donors (Lipinski definition) is 0. The van der Waals surface area contributed by atoms with Gasteiger partial charge in [-0.3, -0.25) is 4.57 Å². The van der Waals surface area contributed by atoms with E-state index in [0.717, 1.165) is 77.5 Å². The molecule has 5 aromatic heterocycles. The zero-order valence-corrected chi connectivity index (χ0v) is 34.2. The second kappa shape index (κ2) is 12.4. The molecule has 0 unspecified atom stereocenters. The summed E-state index contributed by atoms with van der Waals surface area (Å²) in [5.41, 5.74) is 17.6. The highest BCUT2D eigenvalue weighted by molar-refractivity contribution is 6.29. The normalized spacial score (nSPS) is 12.4. The third-order valence-electron chi connectivity index (χ3n) is 13.6. The molecule has 0 saturated heterocycles. The van der Waals surface area contributed by atoms with Crippen LogP contribution in [-0.2, 0) is 0 Å². The van der Waals surface area contributed by atoms with Crippen molar-refractivity contribution in [3.05, 3.63) is 200 Å². The van der Waals surface area contributed by atoms with E-state index in [1.165, 1.54) is 55.1 Å². The van der Waals surface area contributed by atoms with Crippen LogP contribution in [0.25, 0.3) is 138 Å². The summed E-state index contributed by atoms with van der Waals surface area (Å²) in [5, 5.41) is 7.90. The highest BCUT2D eigenvalue weighted by atomic mass is 16.3. The fourth-order valence-electron chi connectivity index (χ4n) is 11.1. The van der Waals surface area contributed by atoms with Crippen molar-refractivity contribution in [3.8, 4) is 50.7 Å². The Morgan fingerprint density at radius 1 is 0.375 bits per heavy atom. The molecule has 64 heavy (non-hydrogen) atoms. The van der Waals surface area contributed by atoms with Gasteiger partial charge in [-0.25, -0.2) is 9.97 Å². The highest BCUT2D eigenvalue weighted by Crippen LogP contribution is 2.52. The molecule has 6 nitrogen and oxygen atoms in total. The lowest BCUT2D eigenvalue weighted by Crippen LogP contribution is -2.03. The van der Waals surface area contributed by atoms with E-state index in [-0.39, 0.29) is 0 Å². The Morgan fingerprint density at radius 3 is 1.78 bits per heavy atom. The van der Waals surface area contributed by atoms with E-state index in [4.69, 9.17) is 14.4 Å². The van der Waals surface area contributed by atoms with Gasteiger partial charge in [0.25, 0.3) is 0 Å². The number of hydrogen-bond acceptors (Lipinski definition) is 3.